The SMILES string of the molecule is CCSc1nc(C)cc(C(=O)NCC(=O)NC(C)C)n1. The normalized spacial score (nSPS) is 10.4. The molecule has 1 aromatic rings. The molecule has 0 spiro atoms. The van der Waals surface area contributed by atoms with Crippen molar-refractivity contribution >= 4 is 23.6 Å². The summed E-state index contributed by atoms with van der Waals surface area (Å²) in [4.78, 5) is 31.8. The molecule has 0 saturated carbocycles. The highest BCUT2D eigenvalue weighted by Crippen LogP contribution is 2.13. The first-order valence-corrected chi connectivity index (χ1v) is 7.47. The summed E-state index contributed by atoms with van der Waals surface area (Å²) in [6.45, 7) is 7.47. The molecule has 0 saturated heterocycles. The Morgan fingerprint density at radius 1 is 1.35 bits per heavy atom. The molecular weight excluding hydrogens is 276 g/mol. The Balaban J connectivity index is 2.65. The summed E-state index contributed by atoms with van der Waals surface area (Å²) in [7, 11) is 0. The van der Waals surface area contributed by atoms with Crippen molar-refractivity contribution in [2.24, 2.45) is 0 Å². The summed E-state index contributed by atoms with van der Waals surface area (Å²) >= 11 is 1.47. The molecule has 0 radical (unpaired) electrons. The zero-order valence-corrected chi connectivity index (χ0v) is 13.0. The molecule has 0 unspecified atom stereocenters. The van der Waals surface area contributed by atoms with Crippen LogP contribution in [0.1, 0.15) is 37.0 Å². The summed E-state index contributed by atoms with van der Waals surface area (Å²) in [5.41, 5.74) is 1.01. The van der Waals surface area contributed by atoms with Crippen molar-refractivity contribution in [1.29, 1.82) is 0 Å². The van der Waals surface area contributed by atoms with Crippen molar-refractivity contribution in [3.63, 3.8) is 0 Å². The molecule has 2 amide bonds. The Hall–Kier alpha value is -1.63. The van der Waals surface area contributed by atoms with Crippen LogP contribution in [0.15, 0.2) is 11.2 Å². The number of carbonyl (C=O) groups is 2. The molecule has 1 rings (SSSR count). The minimum absolute atomic E-state index is 0.0493. The number of thioether (sulfide) groups is 1. The Kier molecular flexibility index (Phi) is 6.44. The molecule has 0 atom stereocenters. The van der Waals surface area contributed by atoms with Crippen molar-refractivity contribution in [2.75, 3.05) is 12.3 Å². The maximum atomic E-state index is 12.0. The molecule has 2 N–H and O–H groups in total. The number of hydrogen-bond acceptors (Lipinski definition) is 5. The summed E-state index contributed by atoms with van der Waals surface area (Å²) in [5, 5.41) is 5.83. The molecule has 1 aromatic heterocycles. The number of aromatic nitrogens is 2. The molecule has 110 valence electrons. The number of aryl methyl sites for hydroxylation is 1. The minimum Gasteiger partial charge on any atom is -0.352 e. The van der Waals surface area contributed by atoms with Crippen LogP contribution < -0.4 is 10.6 Å². The predicted molar refractivity (Wildman–Crippen MR) is 78.8 cm³/mol. The topological polar surface area (TPSA) is 84.0 Å². The largest absolute Gasteiger partial charge is 0.352 e. The number of rotatable bonds is 6. The van der Waals surface area contributed by atoms with E-state index in [4.69, 9.17) is 0 Å². The van der Waals surface area contributed by atoms with Gasteiger partial charge >= 0.3 is 0 Å². The molecule has 0 aromatic carbocycles. The second-order valence-corrected chi connectivity index (χ2v) is 5.75. The highest BCUT2D eigenvalue weighted by atomic mass is 32.2. The van der Waals surface area contributed by atoms with Gasteiger partial charge in [-0.15, -0.1) is 0 Å². The molecule has 1 heterocycles. The third-order valence-electron chi connectivity index (χ3n) is 2.20. The lowest BCUT2D eigenvalue weighted by molar-refractivity contribution is -0.120. The fourth-order valence-corrected chi connectivity index (χ4v) is 2.11. The van der Waals surface area contributed by atoms with Gasteiger partial charge in [-0.1, -0.05) is 18.7 Å². The number of amides is 2. The first-order valence-electron chi connectivity index (χ1n) is 6.48. The van der Waals surface area contributed by atoms with E-state index < -0.39 is 0 Å². The average molecular weight is 296 g/mol. The van der Waals surface area contributed by atoms with E-state index in [1.54, 1.807) is 6.07 Å². The Labute approximate surface area is 123 Å². The number of nitrogens with one attached hydrogen (secondary N) is 2. The summed E-state index contributed by atoms with van der Waals surface area (Å²) in [6, 6.07) is 1.66. The Morgan fingerprint density at radius 2 is 2.05 bits per heavy atom. The maximum Gasteiger partial charge on any atom is 0.270 e. The molecule has 0 fully saturated rings. The summed E-state index contributed by atoms with van der Waals surface area (Å²) in [6.07, 6.45) is 0. The maximum absolute atomic E-state index is 12.0. The number of nitrogens with zero attached hydrogens (tertiary/aromatic N) is 2. The van der Waals surface area contributed by atoms with E-state index in [9.17, 15) is 9.59 Å². The molecule has 0 bridgehead atoms. The van der Waals surface area contributed by atoms with Gasteiger partial charge in [0, 0.05) is 11.7 Å². The van der Waals surface area contributed by atoms with Gasteiger partial charge in [0.1, 0.15) is 5.69 Å². The van der Waals surface area contributed by atoms with Crippen molar-refractivity contribution < 1.29 is 9.59 Å². The van der Waals surface area contributed by atoms with Crippen molar-refractivity contribution in [2.45, 2.75) is 38.9 Å². The Morgan fingerprint density at radius 3 is 2.65 bits per heavy atom. The van der Waals surface area contributed by atoms with Gasteiger partial charge in [0.15, 0.2) is 5.16 Å². The minimum atomic E-state index is -0.368. The predicted octanol–water partition coefficient (Wildman–Crippen LogP) is 1.15. The molecule has 20 heavy (non-hydrogen) atoms. The second kappa shape index (κ2) is 7.84. The van der Waals surface area contributed by atoms with E-state index in [0.29, 0.717) is 5.16 Å². The van der Waals surface area contributed by atoms with Crippen LogP contribution in [0.3, 0.4) is 0 Å². The standard InChI is InChI=1S/C13H20N4O2S/c1-5-20-13-16-9(4)6-10(17-13)12(19)14-7-11(18)15-8(2)3/h6,8H,5,7H2,1-4H3,(H,14,19)(H,15,18). The van der Waals surface area contributed by atoms with Crippen LogP contribution in [0.25, 0.3) is 0 Å². The van der Waals surface area contributed by atoms with Crippen LogP contribution in [-0.2, 0) is 4.79 Å². The van der Waals surface area contributed by atoms with Gasteiger partial charge in [-0.3, -0.25) is 9.59 Å². The van der Waals surface area contributed by atoms with E-state index in [2.05, 4.69) is 20.6 Å². The van der Waals surface area contributed by atoms with Gasteiger partial charge in [-0.25, -0.2) is 9.97 Å². The third-order valence-corrected chi connectivity index (χ3v) is 2.93. The van der Waals surface area contributed by atoms with Crippen LogP contribution >= 0.6 is 11.8 Å². The van der Waals surface area contributed by atoms with Gasteiger partial charge in [0.2, 0.25) is 5.91 Å². The zero-order chi connectivity index (χ0) is 15.1. The smallest absolute Gasteiger partial charge is 0.270 e. The van der Waals surface area contributed by atoms with Gasteiger partial charge in [0.05, 0.1) is 6.54 Å². The van der Waals surface area contributed by atoms with E-state index in [1.165, 1.54) is 11.8 Å². The third kappa shape index (κ3) is 5.56. The van der Waals surface area contributed by atoms with Crippen LogP contribution in [0, 0.1) is 6.92 Å². The first-order chi connectivity index (χ1) is 9.42. The quantitative estimate of drug-likeness (QED) is 0.608. The van der Waals surface area contributed by atoms with E-state index in [1.807, 2.05) is 27.7 Å². The van der Waals surface area contributed by atoms with Gasteiger partial charge in [-0.05, 0) is 32.6 Å². The fraction of sp³-hybridized carbons (Fsp3) is 0.538. The van der Waals surface area contributed by atoms with Crippen LogP contribution in [-0.4, -0.2) is 40.1 Å². The molecular formula is C13H20N4O2S. The lowest BCUT2D eigenvalue weighted by Gasteiger charge is -2.09. The van der Waals surface area contributed by atoms with Crippen molar-refractivity contribution in [3.8, 4) is 0 Å². The first kappa shape index (κ1) is 16.4. The lowest BCUT2D eigenvalue weighted by Crippen LogP contribution is -2.40. The molecule has 0 aliphatic heterocycles. The highest BCUT2D eigenvalue weighted by Gasteiger charge is 2.12. The summed E-state index contributed by atoms with van der Waals surface area (Å²) < 4.78 is 0. The van der Waals surface area contributed by atoms with Crippen molar-refractivity contribution in [1.82, 2.24) is 20.6 Å². The van der Waals surface area contributed by atoms with Gasteiger partial charge < -0.3 is 10.6 Å². The number of hydrogen-bond donors (Lipinski definition) is 2. The van der Waals surface area contributed by atoms with E-state index in [-0.39, 0.29) is 30.1 Å². The number of carbonyl (C=O) groups excluding carboxylic acids is 2. The average Bonchev–Trinajstić information content (AvgIpc) is 2.34. The molecule has 0 aliphatic rings. The van der Waals surface area contributed by atoms with Gasteiger partial charge in [-0.2, -0.15) is 0 Å². The highest BCUT2D eigenvalue weighted by molar-refractivity contribution is 7.99. The molecule has 0 aliphatic carbocycles. The fourth-order valence-electron chi connectivity index (χ4n) is 1.48. The van der Waals surface area contributed by atoms with E-state index >= 15 is 0 Å². The molecule has 6 nitrogen and oxygen atoms in total. The second-order valence-electron chi connectivity index (χ2n) is 4.52. The van der Waals surface area contributed by atoms with Crippen LogP contribution in [0.4, 0.5) is 0 Å². The van der Waals surface area contributed by atoms with Crippen LogP contribution in [0.2, 0.25) is 0 Å². The van der Waals surface area contributed by atoms with Crippen molar-refractivity contribution in [3.05, 3.63) is 17.5 Å². The monoisotopic (exact) mass is 296 g/mol. The molecule has 7 heteroatoms. The van der Waals surface area contributed by atoms with E-state index in [0.717, 1.165) is 11.4 Å². The van der Waals surface area contributed by atoms with Gasteiger partial charge in [0.25, 0.3) is 5.91 Å². The van der Waals surface area contributed by atoms with Crippen LogP contribution in [0.5, 0.6) is 0 Å². The Bertz CT molecular complexity index is 491. The summed E-state index contributed by atoms with van der Waals surface area (Å²) in [5.74, 6) is 0.246. The zero-order valence-electron chi connectivity index (χ0n) is 12.2. The lowest BCUT2D eigenvalue weighted by atomic mass is 10.3.